The molecule has 0 aromatic carbocycles. The van der Waals surface area contributed by atoms with Gasteiger partial charge >= 0.3 is 0 Å². The van der Waals surface area contributed by atoms with Gasteiger partial charge in [-0.1, -0.05) is 12.8 Å². The highest BCUT2D eigenvalue weighted by Crippen LogP contribution is 2.34. The summed E-state index contributed by atoms with van der Waals surface area (Å²) in [6.07, 6.45) is 7.83. The topological polar surface area (TPSA) is 49.8 Å². The number of rotatable bonds is 4. The predicted molar refractivity (Wildman–Crippen MR) is 72.8 cm³/mol. The molecule has 1 atom stereocenters. The minimum atomic E-state index is 0.590. The second kappa shape index (κ2) is 5.65. The lowest BCUT2D eigenvalue weighted by Crippen LogP contribution is -2.39. The van der Waals surface area contributed by atoms with Gasteiger partial charge in [0.1, 0.15) is 5.82 Å². The first kappa shape index (κ1) is 11.9. The molecule has 2 heterocycles. The van der Waals surface area contributed by atoms with Crippen LogP contribution < -0.4 is 10.6 Å². The van der Waals surface area contributed by atoms with E-state index in [2.05, 4.69) is 33.0 Å². The average molecular weight is 246 g/mol. The number of hydrogen-bond acceptors (Lipinski definition) is 4. The Morgan fingerprint density at radius 3 is 2.67 bits per heavy atom. The Morgan fingerprint density at radius 1 is 1.11 bits per heavy atom. The molecule has 4 heteroatoms. The predicted octanol–water partition coefficient (Wildman–Crippen LogP) is 2.30. The summed E-state index contributed by atoms with van der Waals surface area (Å²) in [5, 5.41) is 15.5. The van der Waals surface area contributed by atoms with Crippen LogP contribution in [0.4, 0.5) is 5.82 Å². The van der Waals surface area contributed by atoms with E-state index in [1.54, 1.807) is 0 Å². The van der Waals surface area contributed by atoms with E-state index < -0.39 is 0 Å². The molecule has 0 radical (unpaired) electrons. The monoisotopic (exact) mass is 246 g/mol. The Labute approximate surface area is 109 Å². The molecule has 1 aliphatic carbocycles. The Kier molecular flexibility index (Phi) is 3.74. The van der Waals surface area contributed by atoms with Gasteiger partial charge in [-0.25, -0.2) is 0 Å². The molecule has 1 aromatic rings. The standard InChI is InChI=1S/C14H22N4/c1-2-9-15-12(6-1)10-16-14-8-7-13(17-18-14)11-4-3-5-11/h7-8,11-12,15H,1-6,9-10H2,(H,16,18). The molecular formula is C14H22N4. The van der Waals surface area contributed by atoms with Crippen LogP contribution >= 0.6 is 0 Å². The highest BCUT2D eigenvalue weighted by molar-refractivity contribution is 5.34. The highest BCUT2D eigenvalue weighted by atomic mass is 15.2. The quantitative estimate of drug-likeness (QED) is 0.856. The van der Waals surface area contributed by atoms with Crippen LogP contribution in [0.25, 0.3) is 0 Å². The van der Waals surface area contributed by atoms with Crippen LogP contribution in [-0.2, 0) is 0 Å². The van der Waals surface area contributed by atoms with Gasteiger partial charge in [0.25, 0.3) is 0 Å². The van der Waals surface area contributed by atoms with E-state index in [0.29, 0.717) is 12.0 Å². The van der Waals surface area contributed by atoms with E-state index in [0.717, 1.165) is 18.9 Å². The number of piperidine rings is 1. The summed E-state index contributed by atoms with van der Waals surface area (Å²) in [5.41, 5.74) is 1.17. The SMILES string of the molecule is c1cc(C2CCC2)nnc1NCC1CCCCN1. The van der Waals surface area contributed by atoms with Gasteiger partial charge in [-0.15, -0.1) is 5.10 Å². The first-order valence-corrected chi connectivity index (χ1v) is 7.23. The maximum absolute atomic E-state index is 4.33. The van der Waals surface area contributed by atoms with Crippen LogP contribution in [0.2, 0.25) is 0 Å². The molecule has 4 nitrogen and oxygen atoms in total. The summed E-state index contributed by atoms with van der Waals surface area (Å²) in [5.74, 6) is 1.58. The van der Waals surface area contributed by atoms with E-state index in [9.17, 15) is 0 Å². The molecule has 1 aromatic heterocycles. The fourth-order valence-electron chi connectivity index (χ4n) is 2.68. The van der Waals surface area contributed by atoms with Crippen LogP contribution in [0.1, 0.15) is 50.1 Å². The van der Waals surface area contributed by atoms with E-state index >= 15 is 0 Å². The van der Waals surface area contributed by atoms with Crippen LogP contribution in [0, 0.1) is 0 Å². The lowest BCUT2D eigenvalue weighted by molar-refractivity contribution is 0.407. The largest absolute Gasteiger partial charge is 0.367 e. The number of hydrogen-bond donors (Lipinski definition) is 2. The lowest BCUT2D eigenvalue weighted by atomic mass is 9.83. The zero-order valence-corrected chi connectivity index (χ0v) is 10.9. The molecule has 1 saturated carbocycles. The number of aromatic nitrogens is 2. The van der Waals surface area contributed by atoms with Gasteiger partial charge in [0.05, 0.1) is 5.69 Å². The molecule has 0 bridgehead atoms. The van der Waals surface area contributed by atoms with Gasteiger partial charge in [0.2, 0.25) is 0 Å². The lowest BCUT2D eigenvalue weighted by Gasteiger charge is -2.25. The van der Waals surface area contributed by atoms with Gasteiger partial charge in [-0.2, -0.15) is 5.10 Å². The van der Waals surface area contributed by atoms with Crippen molar-refractivity contribution in [2.75, 3.05) is 18.4 Å². The second-order valence-electron chi connectivity index (χ2n) is 5.50. The zero-order chi connectivity index (χ0) is 12.2. The molecule has 0 spiro atoms. The van der Waals surface area contributed by atoms with Crippen molar-refractivity contribution < 1.29 is 0 Å². The fourth-order valence-corrected chi connectivity index (χ4v) is 2.68. The van der Waals surface area contributed by atoms with Crippen molar-refractivity contribution in [2.24, 2.45) is 0 Å². The summed E-state index contributed by atoms with van der Waals surface area (Å²) in [7, 11) is 0. The maximum atomic E-state index is 4.33. The molecular weight excluding hydrogens is 224 g/mol. The van der Waals surface area contributed by atoms with Gasteiger partial charge in [0, 0.05) is 18.5 Å². The Balaban J connectivity index is 1.49. The molecule has 1 saturated heterocycles. The van der Waals surface area contributed by atoms with Crippen LogP contribution in [0.3, 0.4) is 0 Å². The van der Waals surface area contributed by atoms with E-state index in [1.807, 2.05) is 0 Å². The van der Waals surface area contributed by atoms with Crippen molar-refractivity contribution in [2.45, 2.75) is 50.5 Å². The van der Waals surface area contributed by atoms with Gasteiger partial charge < -0.3 is 10.6 Å². The molecule has 2 aliphatic rings. The van der Waals surface area contributed by atoms with E-state index in [-0.39, 0.29) is 0 Å². The van der Waals surface area contributed by atoms with Crippen LogP contribution in [0.15, 0.2) is 12.1 Å². The molecule has 1 unspecified atom stereocenters. The fraction of sp³-hybridized carbons (Fsp3) is 0.714. The third-order valence-electron chi connectivity index (χ3n) is 4.15. The summed E-state index contributed by atoms with van der Waals surface area (Å²) in [6, 6.07) is 4.79. The van der Waals surface area contributed by atoms with Crippen molar-refractivity contribution >= 4 is 5.82 Å². The van der Waals surface area contributed by atoms with Crippen molar-refractivity contribution in [1.29, 1.82) is 0 Å². The molecule has 98 valence electrons. The Morgan fingerprint density at radius 2 is 2.06 bits per heavy atom. The normalized spacial score (nSPS) is 24.6. The summed E-state index contributed by atoms with van der Waals surface area (Å²) in [4.78, 5) is 0. The summed E-state index contributed by atoms with van der Waals surface area (Å²) >= 11 is 0. The van der Waals surface area contributed by atoms with Crippen molar-refractivity contribution in [3.05, 3.63) is 17.8 Å². The second-order valence-corrected chi connectivity index (χ2v) is 5.50. The van der Waals surface area contributed by atoms with Gasteiger partial charge in [0.15, 0.2) is 0 Å². The van der Waals surface area contributed by atoms with Crippen molar-refractivity contribution in [3.8, 4) is 0 Å². The third-order valence-corrected chi connectivity index (χ3v) is 4.15. The molecule has 18 heavy (non-hydrogen) atoms. The molecule has 2 fully saturated rings. The molecule has 2 N–H and O–H groups in total. The molecule has 3 rings (SSSR count). The zero-order valence-electron chi connectivity index (χ0n) is 10.9. The van der Waals surface area contributed by atoms with Gasteiger partial charge in [-0.05, 0) is 44.4 Å². The number of nitrogens with zero attached hydrogens (tertiary/aromatic N) is 2. The average Bonchev–Trinajstić information content (AvgIpc) is 2.37. The van der Waals surface area contributed by atoms with Crippen molar-refractivity contribution in [3.63, 3.8) is 0 Å². The van der Waals surface area contributed by atoms with Crippen LogP contribution in [0.5, 0.6) is 0 Å². The molecule has 0 amide bonds. The van der Waals surface area contributed by atoms with Crippen molar-refractivity contribution in [1.82, 2.24) is 15.5 Å². The first-order valence-electron chi connectivity index (χ1n) is 7.23. The minimum Gasteiger partial charge on any atom is -0.367 e. The first-order chi connectivity index (χ1) is 8.92. The minimum absolute atomic E-state index is 0.590. The smallest absolute Gasteiger partial charge is 0.148 e. The summed E-state index contributed by atoms with van der Waals surface area (Å²) < 4.78 is 0. The Bertz CT molecular complexity index is 366. The number of nitrogens with one attached hydrogen (secondary N) is 2. The van der Waals surface area contributed by atoms with Crippen LogP contribution in [-0.4, -0.2) is 29.3 Å². The maximum Gasteiger partial charge on any atom is 0.148 e. The summed E-state index contributed by atoms with van der Waals surface area (Å²) in [6.45, 7) is 2.11. The Hall–Kier alpha value is -1.16. The number of anilines is 1. The van der Waals surface area contributed by atoms with Gasteiger partial charge in [-0.3, -0.25) is 0 Å². The highest BCUT2D eigenvalue weighted by Gasteiger charge is 2.21. The third kappa shape index (κ3) is 2.80. The molecule has 1 aliphatic heterocycles. The van der Waals surface area contributed by atoms with E-state index in [4.69, 9.17) is 0 Å². The van der Waals surface area contributed by atoms with E-state index in [1.165, 1.54) is 44.2 Å².